The second-order valence-corrected chi connectivity index (χ2v) is 7.36. The monoisotopic (exact) mass is 346 g/mol. The molecule has 134 valence electrons. The fourth-order valence-electron chi connectivity index (χ4n) is 4.19. The fraction of sp³-hybridized carbons (Fsp3) is 0.348. The van der Waals surface area contributed by atoms with Crippen LogP contribution < -0.4 is 5.32 Å². The predicted molar refractivity (Wildman–Crippen MR) is 106 cm³/mol. The zero-order chi connectivity index (χ0) is 17.8. The van der Waals surface area contributed by atoms with Crippen molar-refractivity contribution in [1.29, 1.82) is 0 Å². The molecule has 3 nitrogen and oxygen atoms in total. The maximum Gasteiger partial charge on any atom is 0.221 e. The summed E-state index contributed by atoms with van der Waals surface area (Å²) in [6.07, 6.45) is 8.56. The van der Waals surface area contributed by atoms with Crippen LogP contribution in [0.5, 0.6) is 0 Å². The van der Waals surface area contributed by atoms with E-state index in [1.165, 1.54) is 35.8 Å². The summed E-state index contributed by atoms with van der Waals surface area (Å²) in [6.45, 7) is 0. The van der Waals surface area contributed by atoms with Crippen LogP contribution >= 0.6 is 0 Å². The molecular formula is C23H26N2O. The quantitative estimate of drug-likeness (QED) is 0.660. The number of aromatic amines is 1. The molecule has 2 aromatic carbocycles. The summed E-state index contributed by atoms with van der Waals surface area (Å²) in [5, 5.41) is 4.48. The highest BCUT2D eigenvalue weighted by Crippen LogP contribution is 2.33. The summed E-state index contributed by atoms with van der Waals surface area (Å²) in [4.78, 5) is 16.2. The van der Waals surface area contributed by atoms with Gasteiger partial charge in [-0.15, -0.1) is 0 Å². The van der Waals surface area contributed by atoms with E-state index in [0.717, 1.165) is 18.4 Å². The average Bonchev–Trinajstić information content (AvgIpc) is 3.11. The van der Waals surface area contributed by atoms with Crippen molar-refractivity contribution in [1.82, 2.24) is 10.3 Å². The van der Waals surface area contributed by atoms with Gasteiger partial charge in [-0.2, -0.15) is 0 Å². The van der Waals surface area contributed by atoms with E-state index in [1.807, 2.05) is 12.1 Å². The highest BCUT2D eigenvalue weighted by molar-refractivity contribution is 5.86. The van der Waals surface area contributed by atoms with Crippen LogP contribution in [0, 0.1) is 0 Å². The molecule has 1 atom stereocenters. The Morgan fingerprint density at radius 1 is 1.00 bits per heavy atom. The van der Waals surface area contributed by atoms with E-state index in [9.17, 15) is 4.79 Å². The standard InChI is InChI=1S/C23H26N2O/c26-23(25-18-11-5-2-6-12-18)15-20(17-9-3-1-4-10-17)21-16-24-22-14-8-7-13-19(21)22/h1,3-4,7-10,13-14,16,18,20,24H,2,5-6,11-12,15H2,(H,25,26). The molecule has 1 aromatic heterocycles. The minimum atomic E-state index is 0.0657. The van der Waals surface area contributed by atoms with Crippen LogP contribution in [0.4, 0.5) is 0 Å². The molecule has 26 heavy (non-hydrogen) atoms. The lowest BCUT2D eigenvalue weighted by molar-refractivity contribution is -0.122. The topological polar surface area (TPSA) is 44.9 Å². The Morgan fingerprint density at radius 2 is 1.73 bits per heavy atom. The number of carbonyl (C=O) groups is 1. The van der Waals surface area contributed by atoms with E-state index < -0.39 is 0 Å². The molecule has 0 radical (unpaired) electrons. The molecular weight excluding hydrogens is 320 g/mol. The van der Waals surface area contributed by atoms with Gasteiger partial charge in [-0.25, -0.2) is 0 Å². The smallest absolute Gasteiger partial charge is 0.221 e. The van der Waals surface area contributed by atoms with Crippen LogP contribution in [-0.4, -0.2) is 16.9 Å². The largest absolute Gasteiger partial charge is 0.361 e. The van der Waals surface area contributed by atoms with E-state index in [1.54, 1.807) is 0 Å². The predicted octanol–water partition coefficient (Wildman–Crippen LogP) is 5.14. The van der Waals surface area contributed by atoms with Crippen molar-refractivity contribution in [2.45, 2.75) is 50.5 Å². The number of rotatable bonds is 5. The normalized spacial score (nSPS) is 16.5. The van der Waals surface area contributed by atoms with Crippen molar-refractivity contribution in [3.05, 3.63) is 71.9 Å². The van der Waals surface area contributed by atoms with E-state index in [-0.39, 0.29) is 11.8 Å². The molecule has 4 rings (SSSR count). The van der Waals surface area contributed by atoms with Crippen LogP contribution in [0.25, 0.3) is 10.9 Å². The Kier molecular flexibility index (Phi) is 5.05. The van der Waals surface area contributed by atoms with Gasteiger partial charge < -0.3 is 10.3 Å². The number of amides is 1. The highest BCUT2D eigenvalue weighted by Gasteiger charge is 2.23. The van der Waals surface area contributed by atoms with Crippen molar-refractivity contribution in [2.24, 2.45) is 0 Å². The SMILES string of the molecule is O=C(CC(c1ccccc1)c1c[nH]c2ccccc12)NC1CCCCC1. The van der Waals surface area contributed by atoms with Gasteiger partial charge in [-0.3, -0.25) is 4.79 Å². The Morgan fingerprint density at radius 3 is 2.54 bits per heavy atom. The third-order valence-electron chi connectivity index (χ3n) is 5.56. The number of nitrogens with one attached hydrogen (secondary N) is 2. The molecule has 1 aliphatic carbocycles. The fourth-order valence-corrected chi connectivity index (χ4v) is 4.19. The number of fused-ring (bicyclic) bond motifs is 1. The number of benzene rings is 2. The van der Waals surface area contributed by atoms with Gasteiger partial charge in [0, 0.05) is 35.5 Å². The summed E-state index contributed by atoms with van der Waals surface area (Å²) in [6, 6.07) is 19.1. The first-order valence-corrected chi connectivity index (χ1v) is 9.71. The number of para-hydroxylation sites is 1. The molecule has 3 heteroatoms. The van der Waals surface area contributed by atoms with Crippen molar-refractivity contribution in [2.75, 3.05) is 0 Å². The van der Waals surface area contributed by atoms with Crippen LogP contribution in [0.15, 0.2) is 60.8 Å². The van der Waals surface area contributed by atoms with E-state index in [2.05, 4.69) is 59.0 Å². The third-order valence-corrected chi connectivity index (χ3v) is 5.56. The molecule has 0 bridgehead atoms. The first-order chi connectivity index (χ1) is 12.8. The molecule has 1 saturated carbocycles. The van der Waals surface area contributed by atoms with Gasteiger partial charge >= 0.3 is 0 Å². The van der Waals surface area contributed by atoms with Crippen molar-refractivity contribution >= 4 is 16.8 Å². The van der Waals surface area contributed by atoms with Crippen molar-refractivity contribution in [3.8, 4) is 0 Å². The molecule has 1 unspecified atom stereocenters. The second-order valence-electron chi connectivity index (χ2n) is 7.36. The summed E-state index contributed by atoms with van der Waals surface area (Å²) in [5.41, 5.74) is 3.51. The van der Waals surface area contributed by atoms with Gasteiger partial charge in [0.1, 0.15) is 0 Å². The molecule has 1 fully saturated rings. The lowest BCUT2D eigenvalue weighted by Gasteiger charge is -2.24. The van der Waals surface area contributed by atoms with Crippen LogP contribution in [0.1, 0.15) is 55.6 Å². The first kappa shape index (κ1) is 16.9. The minimum Gasteiger partial charge on any atom is -0.361 e. The van der Waals surface area contributed by atoms with Gasteiger partial charge in [-0.1, -0.05) is 67.8 Å². The van der Waals surface area contributed by atoms with Crippen molar-refractivity contribution in [3.63, 3.8) is 0 Å². The number of aromatic nitrogens is 1. The van der Waals surface area contributed by atoms with E-state index in [0.29, 0.717) is 12.5 Å². The molecule has 0 aliphatic heterocycles. The molecule has 1 heterocycles. The molecule has 2 N–H and O–H groups in total. The number of H-pyrrole nitrogens is 1. The average molecular weight is 346 g/mol. The summed E-state index contributed by atoms with van der Waals surface area (Å²) in [7, 11) is 0. The molecule has 1 amide bonds. The maximum absolute atomic E-state index is 12.8. The van der Waals surface area contributed by atoms with Crippen LogP contribution in [0.2, 0.25) is 0 Å². The maximum atomic E-state index is 12.8. The number of carbonyl (C=O) groups excluding carboxylic acids is 1. The third kappa shape index (κ3) is 3.67. The zero-order valence-electron chi connectivity index (χ0n) is 15.1. The van der Waals surface area contributed by atoms with Crippen LogP contribution in [0.3, 0.4) is 0 Å². The highest BCUT2D eigenvalue weighted by atomic mass is 16.1. The Hall–Kier alpha value is -2.55. The Balaban J connectivity index is 1.60. The second kappa shape index (κ2) is 7.77. The summed E-state index contributed by atoms with van der Waals surface area (Å²) < 4.78 is 0. The molecule has 1 aliphatic rings. The van der Waals surface area contributed by atoms with E-state index >= 15 is 0 Å². The number of hydrogen-bond acceptors (Lipinski definition) is 1. The summed E-state index contributed by atoms with van der Waals surface area (Å²) >= 11 is 0. The number of hydrogen-bond donors (Lipinski definition) is 2. The molecule has 0 spiro atoms. The van der Waals surface area contributed by atoms with Crippen LogP contribution in [-0.2, 0) is 4.79 Å². The Bertz CT molecular complexity index is 862. The molecule has 3 aromatic rings. The van der Waals surface area contributed by atoms with Gasteiger partial charge in [0.2, 0.25) is 5.91 Å². The van der Waals surface area contributed by atoms with Gasteiger partial charge in [0.15, 0.2) is 0 Å². The van der Waals surface area contributed by atoms with Gasteiger partial charge in [-0.05, 0) is 30.0 Å². The lowest BCUT2D eigenvalue weighted by atomic mass is 9.87. The Labute approximate surface area is 154 Å². The first-order valence-electron chi connectivity index (χ1n) is 9.71. The van der Waals surface area contributed by atoms with Gasteiger partial charge in [0.05, 0.1) is 0 Å². The summed E-state index contributed by atoms with van der Waals surface area (Å²) in [5.74, 6) is 0.229. The van der Waals surface area contributed by atoms with Crippen molar-refractivity contribution < 1.29 is 4.79 Å². The van der Waals surface area contributed by atoms with Gasteiger partial charge in [0.25, 0.3) is 0 Å². The molecule has 0 saturated heterocycles. The minimum absolute atomic E-state index is 0.0657. The van der Waals surface area contributed by atoms with E-state index in [4.69, 9.17) is 0 Å². The zero-order valence-corrected chi connectivity index (χ0v) is 15.1. The lowest BCUT2D eigenvalue weighted by Crippen LogP contribution is -2.36.